The van der Waals surface area contributed by atoms with Crippen LogP contribution in [0, 0.1) is 17.6 Å². The summed E-state index contributed by atoms with van der Waals surface area (Å²) < 4.78 is 32.2. The third-order valence-electron chi connectivity index (χ3n) is 3.53. The normalized spacial score (nSPS) is 15.7. The van der Waals surface area contributed by atoms with Crippen LogP contribution in [0.5, 0.6) is 0 Å². The molecule has 0 aliphatic carbocycles. The Bertz CT molecular complexity index is 684. The fourth-order valence-corrected chi connectivity index (χ4v) is 3.03. The van der Waals surface area contributed by atoms with Gasteiger partial charge >= 0.3 is 0 Å². The minimum Gasteiger partial charge on any atom is -0.381 e. The maximum Gasteiger partial charge on any atom is 0.229 e. The Balaban J connectivity index is 1.73. The first kappa shape index (κ1) is 15.1. The summed E-state index contributed by atoms with van der Waals surface area (Å²) in [7, 11) is 0. The first-order valence-electron chi connectivity index (χ1n) is 6.93. The number of aromatic nitrogens is 1. The highest BCUT2D eigenvalue weighted by Gasteiger charge is 2.22. The molecule has 116 valence electrons. The molecule has 0 radical (unpaired) electrons. The molecular weight excluding hydrogens is 310 g/mol. The van der Waals surface area contributed by atoms with E-state index < -0.39 is 11.6 Å². The van der Waals surface area contributed by atoms with Gasteiger partial charge in [-0.1, -0.05) is 0 Å². The number of amides is 1. The maximum atomic E-state index is 13.7. The van der Waals surface area contributed by atoms with Crippen LogP contribution in [0.4, 0.5) is 13.9 Å². The van der Waals surface area contributed by atoms with E-state index in [2.05, 4.69) is 10.3 Å². The van der Waals surface area contributed by atoms with Gasteiger partial charge in [0.05, 0.1) is 5.69 Å². The Labute approximate surface area is 130 Å². The standard InChI is InChI=1S/C15H14F2N2O2S/c16-10-1-2-12(17)11(7-10)13-8-22-15(18-13)19-14(20)9-3-5-21-6-4-9/h1-2,7-9H,3-6H2,(H,18,19,20). The van der Waals surface area contributed by atoms with E-state index in [1.165, 1.54) is 11.3 Å². The van der Waals surface area contributed by atoms with Gasteiger partial charge in [0.25, 0.3) is 0 Å². The predicted molar refractivity (Wildman–Crippen MR) is 79.6 cm³/mol. The number of benzene rings is 1. The van der Waals surface area contributed by atoms with Crippen LogP contribution in [0.3, 0.4) is 0 Å². The molecule has 1 amide bonds. The second kappa shape index (κ2) is 6.50. The summed E-state index contributed by atoms with van der Waals surface area (Å²) in [5.41, 5.74) is 0.395. The lowest BCUT2D eigenvalue weighted by Gasteiger charge is -2.20. The Morgan fingerprint density at radius 1 is 1.32 bits per heavy atom. The Hall–Kier alpha value is -1.86. The van der Waals surface area contributed by atoms with Gasteiger partial charge < -0.3 is 10.1 Å². The number of carbonyl (C=O) groups excluding carboxylic acids is 1. The summed E-state index contributed by atoms with van der Waals surface area (Å²) in [6, 6.07) is 3.21. The third kappa shape index (κ3) is 3.31. The van der Waals surface area contributed by atoms with Crippen molar-refractivity contribution in [1.82, 2.24) is 4.98 Å². The molecule has 1 aliphatic rings. The summed E-state index contributed by atoms with van der Waals surface area (Å²) in [5, 5.41) is 4.71. The lowest BCUT2D eigenvalue weighted by atomic mass is 10.00. The van der Waals surface area contributed by atoms with Gasteiger partial charge in [-0.15, -0.1) is 11.3 Å². The van der Waals surface area contributed by atoms with Crippen LogP contribution < -0.4 is 5.32 Å². The Morgan fingerprint density at radius 2 is 2.09 bits per heavy atom. The second-order valence-corrected chi connectivity index (χ2v) is 5.90. The van der Waals surface area contributed by atoms with E-state index in [1.54, 1.807) is 5.38 Å². The van der Waals surface area contributed by atoms with E-state index in [4.69, 9.17) is 4.74 Å². The number of halogens is 2. The molecule has 22 heavy (non-hydrogen) atoms. The van der Waals surface area contributed by atoms with Crippen molar-refractivity contribution in [3.05, 3.63) is 35.2 Å². The first-order chi connectivity index (χ1) is 10.6. The van der Waals surface area contributed by atoms with Crippen LogP contribution in [0.2, 0.25) is 0 Å². The van der Waals surface area contributed by atoms with Crippen LogP contribution in [0.15, 0.2) is 23.6 Å². The minimum atomic E-state index is -0.547. The molecular formula is C15H14F2N2O2S. The third-order valence-corrected chi connectivity index (χ3v) is 4.29. The van der Waals surface area contributed by atoms with Crippen LogP contribution in [-0.2, 0) is 9.53 Å². The lowest BCUT2D eigenvalue weighted by Crippen LogP contribution is -2.28. The van der Waals surface area contributed by atoms with Gasteiger partial charge in [0.2, 0.25) is 5.91 Å². The number of hydrogen-bond acceptors (Lipinski definition) is 4. The zero-order valence-corrected chi connectivity index (χ0v) is 12.5. The van der Waals surface area contributed by atoms with E-state index in [0.717, 1.165) is 18.2 Å². The molecule has 3 rings (SSSR count). The van der Waals surface area contributed by atoms with Gasteiger partial charge in [0, 0.05) is 30.1 Å². The van der Waals surface area contributed by atoms with Gasteiger partial charge in [-0.25, -0.2) is 13.8 Å². The zero-order valence-electron chi connectivity index (χ0n) is 11.6. The molecule has 2 aromatic rings. The molecule has 7 heteroatoms. The minimum absolute atomic E-state index is 0.0859. The number of ether oxygens (including phenoxy) is 1. The molecule has 0 atom stereocenters. The molecule has 0 unspecified atom stereocenters. The molecule has 1 fully saturated rings. The van der Waals surface area contributed by atoms with Crippen molar-refractivity contribution in [3.63, 3.8) is 0 Å². The Kier molecular flexibility index (Phi) is 4.44. The smallest absolute Gasteiger partial charge is 0.229 e. The van der Waals surface area contributed by atoms with Gasteiger partial charge in [-0.3, -0.25) is 4.79 Å². The molecule has 0 bridgehead atoms. The highest BCUT2D eigenvalue weighted by Crippen LogP contribution is 2.28. The molecule has 1 aromatic heterocycles. The lowest BCUT2D eigenvalue weighted by molar-refractivity contribution is -0.122. The quantitative estimate of drug-likeness (QED) is 0.941. The predicted octanol–water partition coefficient (Wildman–Crippen LogP) is 3.45. The van der Waals surface area contributed by atoms with E-state index in [-0.39, 0.29) is 17.4 Å². The van der Waals surface area contributed by atoms with Crippen molar-refractivity contribution < 1.29 is 18.3 Å². The largest absolute Gasteiger partial charge is 0.381 e. The summed E-state index contributed by atoms with van der Waals surface area (Å²) in [6.45, 7) is 1.16. The van der Waals surface area contributed by atoms with Crippen molar-refractivity contribution in [2.75, 3.05) is 18.5 Å². The van der Waals surface area contributed by atoms with Gasteiger partial charge in [-0.2, -0.15) is 0 Å². The average molecular weight is 324 g/mol. The zero-order chi connectivity index (χ0) is 15.5. The van der Waals surface area contributed by atoms with Crippen LogP contribution in [0.25, 0.3) is 11.3 Å². The maximum absolute atomic E-state index is 13.7. The molecule has 1 aromatic carbocycles. The number of carbonyl (C=O) groups is 1. The number of nitrogens with zero attached hydrogens (tertiary/aromatic N) is 1. The molecule has 0 spiro atoms. The second-order valence-electron chi connectivity index (χ2n) is 5.04. The fraction of sp³-hybridized carbons (Fsp3) is 0.333. The van der Waals surface area contributed by atoms with E-state index in [9.17, 15) is 13.6 Å². The molecule has 1 N–H and O–H groups in total. The molecule has 1 aliphatic heterocycles. The molecule has 2 heterocycles. The number of nitrogens with one attached hydrogen (secondary N) is 1. The summed E-state index contributed by atoms with van der Waals surface area (Å²) >= 11 is 1.19. The molecule has 0 saturated carbocycles. The highest BCUT2D eigenvalue weighted by molar-refractivity contribution is 7.14. The number of thiazole rings is 1. The number of hydrogen-bond donors (Lipinski definition) is 1. The van der Waals surface area contributed by atoms with Crippen molar-refractivity contribution in [2.24, 2.45) is 5.92 Å². The molecule has 4 nitrogen and oxygen atoms in total. The number of rotatable bonds is 3. The van der Waals surface area contributed by atoms with E-state index in [1.807, 2.05) is 0 Å². The van der Waals surface area contributed by atoms with E-state index in [0.29, 0.717) is 36.9 Å². The first-order valence-corrected chi connectivity index (χ1v) is 7.81. The van der Waals surface area contributed by atoms with Crippen LogP contribution in [-0.4, -0.2) is 24.1 Å². The fourth-order valence-electron chi connectivity index (χ4n) is 2.32. The van der Waals surface area contributed by atoms with Crippen LogP contribution >= 0.6 is 11.3 Å². The van der Waals surface area contributed by atoms with Gasteiger partial charge in [-0.05, 0) is 31.0 Å². The number of anilines is 1. The molecule has 1 saturated heterocycles. The summed E-state index contributed by atoms with van der Waals surface area (Å²) in [5.74, 6) is -1.28. The van der Waals surface area contributed by atoms with E-state index >= 15 is 0 Å². The Morgan fingerprint density at radius 3 is 2.86 bits per heavy atom. The van der Waals surface area contributed by atoms with Crippen molar-refractivity contribution in [2.45, 2.75) is 12.8 Å². The van der Waals surface area contributed by atoms with Gasteiger partial charge in [0.15, 0.2) is 5.13 Å². The topological polar surface area (TPSA) is 51.2 Å². The monoisotopic (exact) mass is 324 g/mol. The SMILES string of the molecule is O=C(Nc1nc(-c2cc(F)ccc2F)cs1)C1CCOCC1. The summed E-state index contributed by atoms with van der Waals surface area (Å²) in [6.07, 6.45) is 1.37. The average Bonchev–Trinajstić information content (AvgIpc) is 2.99. The van der Waals surface area contributed by atoms with Crippen molar-refractivity contribution in [3.8, 4) is 11.3 Å². The van der Waals surface area contributed by atoms with Gasteiger partial charge in [0.1, 0.15) is 11.6 Å². The van der Waals surface area contributed by atoms with Crippen LogP contribution in [0.1, 0.15) is 12.8 Å². The summed E-state index contributed by atoms with van der Waals surface area (Å²) in [4.78, 5) is 16.3. The van der Waals surface area contributed by atoms with Crippen molar-refractivity contribution in [1.29, 1.82) is 0 Å². The highest BCUT2D eigenvalue weighted by atomic mass is 32.1. The van der Waals surface area contributed by atoms with Crippen molar-refractivity contribution >= 4 is 22.4 Å².